The minimum absolute atomic E-state index is 0.229. The lowest BCUT2D eigenvalue weighted by Crippen LogP contribution is -2.30. The van der Waals surface area contributed by atoms with Crippen LogP contribution in [0.1, 0.15) is 17.0 Å². The van der Waals surface area contributed by atoms with Gasteiger partial charge in [-0.1, -0.05) is 17.7 Å². The van der Waals surface area contributed by atoms with E-state index in [1.54, 1.807) is 6.07 Å². The number of hydrogen-bond acceptors (Lipinski definition) is 2. The molecule has 0 aliphatic carbocycles. The van der Waals surface area contributed by atoms with Crippen LogP contribution < -0.4 is 5.32 Å². The molecule has 0 aliphatic rings. The first-order chi connectivity index (χ1) is 9.49. The lowest BCUT2D eigenvalue weighted by Gasteiger charge is -2.17. The average molecular weight is 296 g/mol. The summed E-state index contributed by atoms with van der Waals surface area (Å²) in [7, 11) is 3.87. The van der Waals surface area contributed by atoms with Crippen LogP contribution in [0.4, 0.5) is 4.39 Å². The Labute approximate surface area is 123 Å². The molecule has 3 nitrogen and oxygen atoms in total. The fourth-order valence-corrected chi connectivity index (χ4v) is 2.58. The zero-order valence-corrected chi connectivity index (χ0v) is 12.7. The number of nitrogens with zero attached hydrogens (tertiary/aromatic N) is 2. The number of halogens is 2. The minimum Gasteiger partial charge on any atom is -0.316 e. The predicted molar refractivity (Wildman–Crippen MR) is 79.6 cm³/mol. The van der Waals surface area contributed by atoms with Gasteiger partial charge < -0.3 is 5.32 Å². The van der Waals surface area contributed by atoms with E-state index in [-0.39, 0.29) is 11.9 Å². The van der Waals surface area contributed by atoms with Gasteiger partial charge in [0.05, 0.1) is 5.69 Å². The Morgan fingerprint density at radius 1 is 1.35 bits per heavy atom. The first-order valence-corrected chi connectivity index (χ1v) is 6.98. The van der Waals surface area contributed by atoms with Crippen molar-refractivity contribution >= 4 is 11.6 Å². The van der Waals surface area contributed by atoms with Gasteiger partial charge in [-0.25, -0.2) is 4.39 Å². The fraction of sp³-hybridized carbons (Fsp3) is 0.400. The van der Waals surface area contributed by atoms with E-state index in [0.29, 0.717) is 5.02 Å². The molecular weight excluding hydrogens is 277 g/mol. The van der Waals surface area contributed by atoms with E-state index in [4.69, 9.17) is 11.6 Å². The maximum Gasteiger partial charge on any atom is 0.124 e. The van der Waals surface area contributed by atoms with E-state index < -0.39 is 0 Å². The van der Waals surface area contributed by atoms with Crippen LogP contribution >= 0.6 is 11.6 Å². The molecule has 0 aliphatic heterocycles. The summed E-state index contributed by atoms with van der Waals surface area (Å²) in [6.07, 6.45) is 1.60. The number of rotatable bonds is 5. The van der Waals surface area contributed by atoms with Gasteiger partial charge in [0.2, 0.25) is 0 Å². The second kappa shape index (κ2) is 6.37. The summed E-state index contributed by atoms with van der Waals surface area (Å²) in [5.74, 6) is -0.304. The third-order valence-electron chi connectivity index (χ3n) is 3.44. The van der Waals surface area contributed by atoms with E-state index in [0.717, 1.165) is 24.1 Å². The van der Waals surface area contributed by atoms with Crippen molar-refractivity contribution in [1.29, 1.82) is 0 Å². The monoisotopic (exact) mass is 295 g/mol. The number of nitrogens with one attached hydrogen (secondary N) is 1. The van der Waals surface area contributed by atoms with Gasteiger partial charge in [-0.05, 0) is 44.2 Å². The molecule has 2 rings (SSSR count). The SMILES string of the molecule is CNC(Cc1ccc(F)cc1Cl)Cc1cc(C)nn1C. The molecule has 2 aromatic rings. The Morgan fingerprint density at radius 3 is 2.65 bits per heavy atom. The molecular formula is C15H19ClFN3. The van der Waals surface area contributed by atoms with Gasteiger partial charge in [0.15, 0.2) is 0 Å². The van der Waals surface area contributed by atoms with Crippen LogP contribution in [0, 0.1) is 12.7 Å². The minimum atomic E-state index is -0.304. The molecule has 0 amide bonds. The molecule has 1 heterocycles. The van der Waals surface area contributed by atoms with Gasteiger partial charge in [-0.2, -0.15) is 5.10 Å². The van der Waals surface area contributed by atoms with Gasteiger partial charge >= 0.3 is 0 Å². The van der Waals surface area contributed by atoms with Crippen LogP contribution in [0.5, 0.6) is 0 Å². The van der Waals surface area contributed by atoms with Crippen molar-refractivity contribution in [3.05, 3.63) is 52.1 Å². The van der Waals surface area contributed by atoms with Gasteiger partial charge in [0.25, 0.3) is 0 Å². The molecule has 1 N–H and O–H groups in total. The Kier molecular flexibility index (Phi) is 4.78. The third-order valence-corrected chi connectivity index (χ3v) is 3.80. The van der Waals surface area contributed by atoms with Crippen molar-refractivity contribution in [2.24, 2.45) is 7.05 Å². The van der Waals surface area contributed by atoms with E-state index >= 15 is 0 Å². The normalized spacial score (nSPS) is 12.7. The number of aryl methyl sites for hydroxylation is 2. The van der Waals surface area contributed by atoms with Crippen molar-refractivity contribution < 1.29 is 4.39 Å². The van der Waals surface area contributed by atoms with Gasteiger partial charge in [0, 0.05) is 30.2 Å². The molecule has 0 bridgehead atoms. The molecule has 108 valence electrons. The van der Waals surface area contributed by atoms with Crippen LogP contribution in [-0.4, -0.2) is 22.9 Å². The van der Waals surface area contributed by atoms with Gasteiger partial charge in [-0.3, -0.25) is 4.68 Å². The molecule has 20 heavy (non-hydrogen) atoms. The standard InChI is InChI=1S/C15H19ClFN3/c1-10-6-14(20(3)19-10)9-13(18-2)7-11-4-5-12(17)8-15(11)16/h4-6,8,13,18H,7,9H2,1-3H3. The molecule has 0 saturated heterocycles. The van der Waals surface area contributed by atoms with Crippen LogP contribution in [-0.2, 0) is 19.9 Å². The topological polar surface area (TPSA) is 29.9 Å². The second-order valence-electron chi connectivity index (χ2n) is 5.03. The summed E-state index contributed by atoms with van der Waals surface area (Å²) < 4.78 is 15.0. The van der Waals surface area contributed by atoms with Crippen molar-refractivity contribution in [3.8, 4) is 0 Å². The lowest BCUT2D eigenvalue weighted by molar-refractivity contribution is 0.533. The van der Waals surface area contributed by atoms with E-state index in [9.17, 15) is 4.39 Å². The summed E-state index contributed by atoms with van der Waals surface area (Å²) in [5.41, 5.74) is 3.13. The summed E-state index contributed by atoms with van der Waals surface area (Å²) in [6.45, 7) is 1.98. The van der Waals surface area contributed by atoms with Crippen LogP contribution in [0.15, 0.2) is 24.3 Å². The second-order valence-corrected chi connectivity index (χ2v) is 5.44. The van der Waals surface area contributed by atoms with Crippen molar-refractivity contribution in [2.75, 3.05) is 7.05 Å². The van der Waals surface area contributed by atoms with E-state index in [2.05, 4.69) is 16.5 Å². The highest BCUT2D eigenvalue weighted by Gasteiger charge is 2.13. The van der Waals surface area contributed by atoms with Crippen molar-refractivity contribution in [2.45, 2.75) is 25.8 Å². The first kappa shape index (κ1) is 15.0. The summed E-state index contributed by atoms with van der Waals surface area (Å²) in [6, 6.07) is 6.86. The zero-order valence-electron chi connectivity index (χ0n) is 12.0. The molecule has 1 aromatic heterocycles. The quantitative estimate of drug-likeness (QED) is 0.919. The third kappa shape index (κ3) is 3.58. The van der Waals surface area contributed by atoms with Gasteiger partial charge in [-0.15, -0.1) is 0 Å². The molecule has 0 spiro atoms. The molecule has 1 atom stereocenters. The van der Waals surface area contributed by atoms with Crippen LogP contribution in [0.3, 0.4) is 0 Å². The average Bonchev–Trinajstić information content (AvgIpc) is 2.70. The Balaban J connectivity index is 2.11. The highest BCUT2D eigenvalue weighted by Crippen LogP contribution is 2.20. The molecule has 1 unspecified atom stereocenters. The van der Waals surface area contributed by atoms with Crippen molar-refractivity contribution in [1.82, 2.24) is 15.1 Å². The number of hydrogen-bond donors (Lipinski definition) is 1. The van der Waals surface area contributed by atoms with Crippen molar-refractivity contribution in [3.63, 3.8) is 0 Å². The molecule has 1 aromatic carbocycles. The highest BCUT2D eigenvalue weighted by atomic mass is 35.5. The Hall–Kier alpha value is -1.39. The lowest BCUT2D eigenvalue weighted by atomic mass is 10.0. The van der Waals surface area contributed by atoms with Crippen LogP contribution in [0.2, 0.25) is 5.02 Å². The summed E-state index contributed by atoms with van der Waals surface area (Å²) >= 11 is 6.08. The largest absolute Gasteiger partial charge is 0.316 e. The van der Waals surface area contributed by atoms with E-state index in [1.165, 1.54) is 17.8 Å². The van der Waals surface area contributed by atoms with Crippen LogP contribution in [0.25, 0.3) is 0 Å². The van der Waals surface area contributed by atoms with Gasteiger partial charge in [0.1, 0.15) is 5.82 Å². The molecule has 0 saturated carbocycles. The highest BCUT2D eigenvalue weighted by molar-refractivity contribution is 6.31. The molecule has 0 radical (unpaired) electrons. The summed E-state index contributed by atoms with van der Waals surface area (Å²) in [5, 5.41) is 8.11. The van der Waals surface area contributed by atoms with E-state index in [1.807, 2.05) is 25.7 Å². The smallest absolute Gasteiger partial charge is 0.124 e. The fourth-order valence-electron chi connectivity index (χ4n) is 2.34. The molecule has 0 fully saturated rings. The number of aromatic nitrogens is 2. The predicted octanol–water partition coefficient (Wildman–Crippen LogP) is 2.89. The Bertz CT molecular complexity index is 595. The zero-order chi connectivity index (χ0) is 14.7. The summed E-state index contributed by atoms with van der Waals surface area (Å²) in [4.78, 5) is 0. The maximum absolute atomic E-state index is 13.1. The number of likely N-dealkylation sites (N-methyl/N-ethyl adjacent to an activating group) is 1. The first-order valence-electron chi connectivity index (χ1n) is 6.60. The Morgan fingerprint density at radius 2 is 2.10 bits per heavy atom. The maximum atomic E-state index is 13.1. The molecule has 5 heteroatoms. The number of benzene rings is 1.